The van der Waals surface area contributed by atoms with Crippen LogP contribution in [0.3, 0.4) is 0 Å². The molecule has 0 bridgehead atoms. The van der Waals surface area contributed by atoms with Crippen LogP contribution in [0.5, 0.6) is 0 Å². The van der Waals surface area contributed by atoms with Gasteiger partial charge in [-0.25, -0.2) is 4.79 Å². The van der Waals surface area contributed by atoms with E-state index in [0.717, 1.165) is 5.56 Å². The van der Waals surface area contributed by atoms with E-state index in [1.54, 1.807) is 25.7 Å². The molecule has 0 aliphatic carbocycles. The molecule has 1 aliphatic heterocycles. The zero-order valence-electron chi connectivity index (χ0n) is 18.4. The largest absolute Gasteiger partial charge is 0.444 e. The Morgan fingerprint density at radius 1 is 1.06 bits per heavy atom. The van der Waals surface area contributed by atoms with Crippen LogP contribution < -0.4 is 16.0 Å². The third kappa shape index (κ3) is 9.06. The third-order valence-electron chi connectivity index (χ3n) is 4.57. The van der Waals surface area contributed by atoms with Gasteiger partial charge in [0.05, 0.1) is 12.5 Å². The molecule has 1 fully saturated rings. The van der Waals surface area contributed by atoms with E-state index in [1.807, 2.05) is 30.3 Å². The maximum Gasteiger partial charge on any atom is 0.408 e. The van der Waals surface area contributed by atoms with Crippen LogP contribution in [0.1, 0.15) is 39.2 Å². The number of rotatable bonds is 9. The summed E-state index contributed by atoms with van der Waals surface area (Å²) in [7, 11) is 0. The third-order valence-corrected chi connectivity index (χ3v) is 4.57. The molecule has 0 aromatic heterocycles. The molecule has 2 rings (SSSR count). The Labute approximate surface area is 182 Å². The molecular formula is C22H32N4O5. The zero-order valence-corrected chi connectivity index (χ0v) is 18.4. The molecular weight excluding hydrogens is 400 g/mol. The number of carbonyl (C=O) groups excluding carboxylic acids is 4. The standard InChI is InChI=1S/C22H32N4O5/c1-22(2,3)31-21(30)25-13-18(27)23-10-7-11-24-20(29)17-12-19(28)26(15-17)14-16-8-5-4-6-9-16/h4-6,8-9,17H,7,10-15H2,1-3H3,(H,23,27)(H,24,29)(H,25,30). The molecule has 9 heteroatoms. The summed E-state index contributed by atoms with van der Waals surface area (Å²) in [5, 5.41) is 7.86. The summed E-state index contributed by atoms with van der Waals surface area (Å²) in [6, 6.07) is 9.68. The maximum absolute atomic E-state index is 12.3. The fraction of sp³-hybridized carbons (Fsp3) is 0.545. The minimum atomic E-state index is -0.651. The number of nitrogens with one attached hydrogen (secondary N) is 3. The summed E-state index contributed by atoms with van der Waals surface area (Å²) >= 11 is 0. The Hall–Kier alpha value is -3.10. The van der Waals surface area contributed by atoms with E-state index >= 15 is 0 Å². The number of hydrogen-bond donors (Lipinski definition) is 3. The van der Waals surface area contributed by atoms with Gasteiger partial charge < -0.3 is 25.6 Å². The Morgan fingerprint density at radius 3 is 2.42 bits per heavy atom. The fourth-order valence-corrected chi connectivity index (χ4v) is 3.11. The van der Waals surface area contributed by atoms with E-state index in [9.17, 15) is 19.2 Å². The summed E-state index contributed by atoms with van der Waals surface area (Å²) in [4.78, 5) is 49.5. The minimum Gasteiger partial charge on any atom is -0.444 e. The van der Waals surface area contributed by atoms with Crippen molar-refractivity contribution in [1.82, 2.24) is 20.9 Å². The molecule has 1 saturated heterocycles. The lowest BCUT2D eigenvalue weighted by atomic mass is 10.1. The summed E-state index contributed by atoms with van der Waals surface area (Å²) in [6.07, 6.45) is 0.103. The predicted molar refractivity (Wildman–Crippen MR) is 115 cm³/mol. The molecule has 0 radical (unpaired) electrons. The van der Waals surface area contributed by atoms with Gasteiger partial charge in [-0.3, -0.25) is 14.4 Å². The topological polar surface area (TPSA) is 117 Å². The average molecular weight is 433 g/mol. The normalized spacial score (nSPS) is 16.0. The number of nitrogens with zero attached hydrogens (tertiary/aromatic N) is 1. The second kappa shape index (κ2) is 11.3. The Bertz CT molecular complexity index is 776. The number of hydrogen-bond acceptors (Lipinski definition) is 5. The van der Waals surface area contributed by atoms with Crippen LogP contribution in [0, 0.1) is 5.92 Å². The van der Waals surface area contributed by atoms with Crippen molar-refractivity contribution in [2.45, 2.75) is 45.8 Å². The van der Waals surface area contributed by atoms with E-state index in [2.05, 4.69) is 16.0 Å². The molecule has 1 aromatic rings. The van der Waals surface area contributed by atoms with Gasteiger partial charge in [-0.2, -0.15) is 0 Å². The molecule has 1 aliphatic rings. The van der Waals surface area contributed by atoms with Crippen molar-refractivity contribution in [3.63, 3.8) is 0 Å². The molecule has 170 valence electrons. The Kier molecular flexibility index (Phi) is 8.84. The quantitative estimate of drug-likeness (QED) is 0.507. The highest BCUT2D eigenvalue weighted by Crippen LogP contribution is 2.20. The number of benzene rings is 1. The van der Waals surface area contributed by atoms with Crippen LogP contribution in [0.25, 0.3) is 0 Å². The highest BCUT2D eigenvalue weighted by atomic mass is 16.6. The van der Waals surface area contributed by atoms with Crippen LogP contribution in [-0.2, 0) is 25.7 Å². The van der Waals surface area contributed by atoms with E-state index < -0.39 is 11.7 Å². The summed E-state index contributed by atoms with van der Waals surface area (Å²) in [5.41, 5.74) is 0.412. The highest BCUT2D eigenvalue weighted by molar-refractivity contribution is 5.89. The number of ether oxygens (including phenoxy) is 1. The van der Waals surface area contributed by atoms with Crippen molar-refractivity contribution in [2.24, 2.45) is 5.92 Å². The second-order valence-electron chi connectivity index (χ2n) is 8.51. The first-order chi connectivity index (χ1) is 14.6. The van der Waals surface area contributed by atoms with Crippen molar-refractivity contribution in [3.8, 4) is 0 Å². The molecule has 3 N–H and O–H groups in total. The monoisotopic (exact) mass is 432 g/mol. The summed E-state index contributed by atoms with van der Waals surface area (Å²) in [6.45, 7) is 6.71. The summed E-state index contributed by atoms with van der Waals surface area (Å²) < 4.78 is 5.05. The number of alkyl carbamates (subject to hydrolysis) is 1. The SMILES string of the molecule is CC(C)(C)OC(=O)NCC(=O)NCCCNC(=O)C1CC(=O)N(Cc2ccccc2)C1. The van der Waals surface area contributed by atoms with Crippen LogP contribution in [-0.4, -0.2) is 60.5 Å². The van der Waals surface area contributed by atoms with Gasteiger partial charge in [0.1, 0.15) is 5.60 Å². The average Bonchev–Trinajstić information content (AvgIpc) is 3.06. The lowest BCUT2D eigenvalue weighted by molar-refractivity contribution is -0.129. The molecule has 0 spiro atoms. The van der Waals surface area contributed by atoms with E-state index in [4.69, 9.17) is 4.74 Å². The fourth-order valence-electron chi connectivity index (χ4n) is 3.11. The molecule has 1 aromatic carbocycles. The molecule has 1 heterocycles. The van der Waals surface area contributed by atoms with Gasteiger partial charge in [0.25, 0.3) is 0 Å². The smallest absolute Gasteiger partial charge is 0.408 e. The molecule has 4 amide bonds. The summed E-state index contributed by atoms with van der Waals surface area (Å²) in [5.74, 6) is -0.866. The number of likely N-dealkylation sites (tertiary alicyclic amines) is 1. The van der Waals surface area contributed by atoms with E-state index in [1.165, 1.54) is 0 Å². The molecule has 1 atom stereocenters. The molecule has 9 nitrogen and oxygen atoms in total. The molecule has 1 unspecified atom stereocenters. The van der Waals surface area contributed by atoms with Gasteiger partial charge in [0, 0.05) is 32.6 Å². The van der Waals surface area contributed by atoms with Crippen LogP contribution in [0.4, 0.5) is 4.79 Å². The zero-order chi connectivity index (χ0) is 22.9. The van der Waals surface area contributed by atoms with Crippen LogP contribution in [0.15, 0.2) is 30.3 Å². The lowest BCUT2D eigenvalue weighted by Gasteiger charge is -2.19. The van der Waals surface area contributed by atoms with Gasteiger partial charge in [-0.05, 0) is 32.8 Å². The van der Waals surface area contributed by atoms with Gasteiger partial charge in [0.2, 0.25) is 17.7 Å². The number of amides is 4. The van der Waals surface area contributed by atoms with Crippen LogP contribution in [0.2, 0.25) is 0 Å². The predicted octanol–water partition coefficient (Wildman–Crippen LogP) is 1.18. The first-order valence-electron chi connectivity index (χ1n) is 10.5. The first-order valence-corrected chi connectivity index (χ1v) is 10.5. The Balaban J connectivity index is 1.58. The van der Waals surface area contributed by atoms with E-state index in [-0.39, 0.29) is 36.6 Å². The van der Waals surface area contributed by atoms with Crippen molar-refractivity contribution in [3.05, 3.63) is 35.9 Å². The number of carbonyl (C=O) groups is 4. The van der Waals surface area contributed by atoms with Gasteiger partial charge in [0.15, 0.2) is 0 Å². The molecule has 0 saturated carbocycles. The first kappa shape index (κ1) is 24.2. The maximum atomic E-state index is 12.3. The van der Waals surface area contributed by atoms with Gasteiger partial charge in [-0.1, -0.05) is 30.3 Å². The molecule has 31 heavy (non-hydrogen) atoms. The van der Waals surface area contributed by atoms with Crippen LogP contribution >= 0.6 is 0 Å². The van der Waals surface area contributed by atoms with Gasteiger partial charge in [-0.15, -0.1) is 0 Å². The second-order valence-corrected chi connectivity index (χ2v) is 8.51. The van der Waals surface area contributed by atoms with Crippen molar-refractivity contribution >= 4 is 23.8 Å². The van der Waals surface area contributed by atoms with Gasteiger partial charge >= 0.3 is 6.09 Å². The van der Waals surface area contributed by atoms with Crippen molar-refractivity contribution in [1.29, 1.82) is 0 Å². The highest BCUT2D eigenvalue weighted by Gasteiger charge is 2.33. The van der Waals surface area contributed by atoms with E-state index in [0.29, 0.717) is 32.6 Å². The van der Waals surface area contributed by atoms with Crippen molar-refractivity contribution in [2.75, 3.05) is 26.2 Å². The Morgan fingerprint density at radius 2 is 1.74 bits per heavy atom. The lowest BCUT2D eigenvalue weighted by Crippen LogP contribution is -2.40. The van der Waals surface area contributed by atoms with Crippen molar-refractivity contribution < 1.29 is 23.9 Å². The minimum absolute atomic E-state index is 0.0197.